The Bertz CT molecular complexity index is 1370. The molecule has 10 nitrogen and oxygen atoms in total. The number of hydrogen-bond donors (Lipinski definition) is 1. The Morgan fingerprint density at radius 3 is 2.52 bits per heavy atom. The van der Waals surface area contributed by atoms with Crippen molar-refractivity contribution in [2.24, 2.45) is 0 Å². The Kier molecular flexibility index (Phi) is 6.17. The molecule has 0 saturated carbocycles. The summed E-state index contributed by atoms with van der Waals surface area (Å²) in [5.41, 5.74) is -0.221. The Balaban J connectivity index is 1.98. The average molecular weight is 477 g/mol. The van der Waals surface area contributed by atoms with Crippen molar-refractivity contribution in [3.05, 3.63) is 52.4 Å². The molecular formula is C22H24N2O8S. The van der Waals surface area contributed by atoms with Crippen molar-refractivity contribution in [1.82, 2.24) is 8.54 Å². The first-order valence-corrected chi connectivity index (χ1v) is 11.9. The fraction of sp³-hybridized carbons (Fsp3) is 0.364. The van der Waals surface area contributed by atoms with Crippen LogP contribution in [-0.2, 0) is 14.8 Å². The fourth-order valence-corrected chi connectivity index (χ4v) is 5.61. The second kappa shape index (κ2) is 8.91. The molecule has 1 aliphatic rings. The van der Waals surface area contributed by atoms with Crippen LogP contribution in [0.25, 0.3) is 11.0 Å². The molecule has 1 aliphatic heterocycles. The first kappa shape index (κ1) is 22.9. The van der Waals surface area contributed by atoms with E-state index in [-0.39, 0.29) is 27.8 Å². The number of rotatable bonds is 7. The predicted molar refractivity (Wildman–Crippen MR) is 119 cm³/mol. The van der Waals surface area contributed by atoms with Crippen molar-refractivity contribution in [2.45, 2.75) is 30.7 Å². The molecule has 11 heteroatoms. The monoisotopic (exact) mass is 476 g/mol. The highest BCUT2D eigenvalue weighted by molar-refractivity contribution is 7.90. The van der Waals surface area contributed by atoms with Gasteiger partial charge in [-0.1, -0.05) is 0 Å². The van der Waals surface area contributed by atoms with Gasteiger partial charge in [-0.15, -0.1) is 0 Å². The van der Waals surface area contributed by atoms with E-state index in [2.05, 4.69) is 0 Å². The van der Waals surface area contributed by atoms with Crippen molar-refractivity contribution in [3.63, 3.8) is 0 Å². The minimum atomic E-state index is -4.43. The lowest BCUT2D eigenvalue weighted by molar-refractivity contribution is 0.0693. The van der Waals surface area contributed by atoms with Gasteiger partial charge in [0, 0.05) is 25.3 Å². The van der Waals surface area contributed by atoms with Crippen molar-refractivity contribution in [2.75, 3.05) is 26.9 Å². The molecule has 1 fully saturated rings. The number of carboxylic acid groups (broad SMARTS) is 1. The van der Waals surface area contributed by atoms with E-state index in [9.17, 15) is 23.1 Å². The van der Waals surface area contributed by atoms with Crippen molar-refractivity contribution in [1.29, 1.82) is 0 Å². The SMILES string of the molecule is CCOc1ccc2c(c1)n(C1CCOCC1)c(=O)n2S(=O)(=O)c1ccc(C(=O)O)cc1OC. The highest BCUT2D eigenvalue weighted by atomic mass is 32.2. The highest BCUT2D eigenvalue weighted by Crippen LogP contribution is 2.32. The molecule has 3 aromatic rings. The second-order valence-corrected chi connectivity index (χ2v) is 9.27. The zero-order chi connectivity index (χ0) is 23.8. The van der Waals surface area contributed by atoms with Gasteiger partial charge in [-0.05, 0) is 50.1 Å². The van der Waals surface area contributed by atoms with E-state index < -0.39 is 21.7 Å². The van der Waals surface area contributed by atoms with Crippen molar-refractivity contribution >= 4 is 27.0 Å². The van der Waals surface area contributed by atoms with Crippen LogP contribution in [0.4, 0.5) is 0 Å². The summed E-state index contributed by atoms with van der Waals surface area (Å²) >= 11 is 0. The molecule has 0 atom stereocenters. The number of hydrogen-bond acceptors (Lipinski definition) is 7. The van der Waals surface area contributed by atoms with Crippen LogP contribution in [0.1, 0.15) is 36.2 Å². The third-order valence-corrected chi connectivity index (χ3v) is 7.33. The van der Waals surface area contributed by atoms with E-state index in [1.54, 1.807) is 12.1 Å². The van der Waals surface area contributed by atoms with Gasteiger partial charge in [0.1, 0.15) is 16.4 Å². The van der Waals surface area contributed by atoms with Gasteiger partial charge in [0.2, 0.25) is 0 Å². The maximum absolute atomic E-state index is 13.7. The van der Waals surface area contributed by atoms with Crippen LogP contribution in [0, 0.1) is 0 Å². The molecule has 0 radical (unpaired) electrons. The molecule has 176 valence electrons. The standard InChI is InChI=1S/C22H24N2O8S/c1-3-32-16-5-6-17-18(13-16)23(15-8-10-31-11-9-15)22(27)24(17)33(28,29)20-7-4-14(21(25)26)12-19(20)30-2/h4-7,12-13,15H,3,8-11H2,1-2H3,(H,25,26). The Hall–Kier alpha value is -3.31. The lowest BCUT2D eigenvalue weighted by atomic mass is 10.1. The van der Waals surface area contributed by atoms with Crippen LogP contribution < -0.4 is 15.2 Å². The number of aromatic carboxylic acids is 1. The summed E-state index contributed by atoms with van der Waals surface area (Å²) in [5.74, 6) is -0.877. The molecular weight excluding hydrogens is 452 g/mol. The smallest absolute Gasteiger partial charge is 0.343 e. The lowest BCUT2D eigenvalue weighted by Crippen LogP contribution is -2.33. The molecule has 0 spiro atoms. The Labute approximate surface area is 190 Å². The van der Waals surface area contributed by atoms with Gasteiger partial charge in [0.15, 0.2) is 0 Å². The number of fused-ring (bicyclic) bond motifs is 1. The molecule has 1 N–H and O–H groups in total. The molecule has 33 heavy (non-hydrogen) atoms. The van der Waals surface area contributed by atoms with Gasteiger partial charge in [-0.25, -0.2) is 18.0 Å². The summed E-state index contributed by atoms with van der Waals surface area (Å²) < 4.78 is 45.8. The summed E-state index contributed by atoms with van der Waals surface area (Å²) in [4.78, 5) is 24.6. The maximum Gasteiger partial charge on any atom is 0.343 e. The van der Waals surface area contributed by atoms with Gasteiger partial charge in [0.05, 0.1) is 30.3 Å². The number of ether oxygens (including phenoxy) is 3. The first-order chi connectivity index (χ1) is 15.8. The summed E-state index contributed by atoms with van der Waals surface area (Å²) in [6.45, 7) is 3.18. The van der Waals surface area contributed by atoms with Gasteiger partial charge in [-0.2, -0.15) is 3.97 Å². The second-order valence-electron chi connectivity index (χ2n) is 7.52. The van der Waals surface area contributed by atoms with Crippen LogP contribution in [0.5, 0.6) is 11.5 Å². The maximum atomic E-state index is 13.7. The van der Waals surface area contributed by atoms with Crippen LogP contribution in [0.3, 0.4) is 0 Å². The number of carbonyl (C=O) groups is 1. The highest BCUT2D eigenvalue weighted by Gasteiger charge is 2.31. The number of methoxy groups -OCH3 is 1. The summed E-state index contributed by atoms with van der Waals surface area (Å²) in [6.07, 6.45) is 1.13. The number of imidazole rings is 1. The van der Waals surface area contributed by atoms with E-state index >= 15 is 0 Å². The molecule has 0 unspecified atom stereocenters. The molecule has 0 amide bonds. The third-order valence-electron chi connectivity index (χ3n) is 5.60. The van der Waals surface area contributed by atoms with E-state index in [1.807, 2.05) is 6.92 Å². The molecule has 0 bridgehead atoms. The van der Waals surface area contributed by atoms with E-state index in [0.29, 0.717) is 43.9 Å². The van der Waals surface area contributed by atoms with Gasteiger partial charge in [0.25, 0.3) is 10.0 Å². The minimum absolute atomic E-state index is 0.135. The number of carboxylic acids is 1. The lowest BCUT2D eigenvalue weighted by Gasteiger charge is -2.23. The molecule has 1 aromatic heterocycles. The third kappa shape index (κ3) is 3.98. The molecule has 2 aromatic carbocycles. The Morgan fingerprint density at radius 1 is 1.15 bits per heavy atom. The topological polar surface area (TPSA) is 126 Å². The minimum Gasteiger partial charge on any atom is -0.495 e. The zero-order valence-corrected chi connectivity index (χ0v) is 19.0. The van der Waals surface area contributed by atoms with E-state index in [1.165, 1.54) is 17.7 Å². The van der Waals surface area contributed by atoms with Crippen molar-refractivity contribution in [3.8, 4) is 11.5 Å². The zero-order valence-electron chi connectivity index (χ0n) is 18.2. The average Bonchev–Trinajstić information content (AvgIpc) is 3.11. The molecule has 0 aliphatic carbocycles. The van der Waals surface area contributed by atoms with Crippen LogP contribution >= 0.6 is 0 Å². The number of benzene rings is 2. The van der Waals surface area contributed by atoms with Gasteiger partial charge < -0.3 is 19.3 Å². The Morgan fingerprint density at radius 2 is 1.88 bits per heavy atom. The van der Waals surface area contributed by atoms with E-state index in [0.717, 1.165) is 22.2 Å². The van der Waals surface area contributed by atoms with Crippen molar-refractivity contribution < 1.29 is 32.5 Å². The van der Waals surface area contributed by atoms with E-state index in [4.69, 9.17) is 14.2 Å². The quantitative estimate of drug-likeness (QED) is 0.551. The number of aromatic nitrogens is 2. The van der Waals surface area contributed by atoms with Crippen LogP contribution in [0.2, 0.25) is 0 Å². The molecule has 4 rings (SSSR count). The molecule has 2 heterocycles. The van der Waals surface area contributed by atoms with Crippen LogP contribution in [0.15, 0.2) is 46.1 Å². The normalized spacial score (nSPS) is 15.0. The summed E-state index contributed by atoms with van der Waals surface area (Å²) in [7, 11) is -3.19. The largest absolute Gasteiger partial charge is 0.495 e. The summed E-state index contributed by atoms with van der Waals surface area (Å²) in [5, 5.41) is 9.23. The molecule has 1 saturated heterocycles. The number of nitrogens with zero attached hydrogens (tertiary/aromatic N) is 2. The fourth-order valence-electron chi connectivity index (χ4n) is 4.07. The summed E-state index contributed by atoms with van der Waals surface area (Å²) in [6, 6.07) is 7.98. The van der Waals surface area contributed by atoms with Gasteiger partial charge in [-0.3, -0.25) is 4.57 Å². The predicted octanol–water partition coefficient (Wildman–Crippen LogP) is 2.50. The first-order valence-electron chi connectivity index (χ1n) is 10.4. The van der Waals surface area contributed by atoms with Gasteiger partial charge >= 0.3 is 11.7 Å². The van der Waals surface area contributed by atoms with Crippen LogP contribution in [-0.4, -0.2) is 55.0 Å².